The third kappa shape index (κ3) is 1.79. The number of aromatic carboxylic acids is 1. The van der Waals surface area contributed by atoms with Gasteiger partial charge in [0.1, 0.15) is 0 Å². The van der Waals surface area contributed by atoms with Crippen LogP contribution in [0.5, 0.6) is 0 Å². The maximum absolute atomic E-state index is 10.9. The highest BCUT2D eigenvalue weighted by Crippen LogP contribution is 2.25. The van der Waals surface area contributed by atoms with Gasteiger partial charge >= 0.3 is 5.97 Å². The summed E-state index contributed by atoms with van der Waals surface area (Å²) in [4.78, 5) is 10.9. The van der Waals surface area contributed by atoms with Gasteiger partial charge in [0, 0.05) is 31.4 Å². The Balaban J connectivity index is 2.18. The largest absolute Gasteiger partial charge is 0.476 e. The molecule has 0 unspecified atom stereocenters. The Labute approximate surface area is 109 Å². The van der Waals surface area contributed by atoms with E-state index in [2.05, 4.69) is 5.10 Å². The van der Waals surface area contributed by atoms with Crippen molar-refractivity contribution >= 4 is 16.9 Å². The number of fused-ring (bicyclic) bond motifs is 1. The number of hydrogen-bond acceptors (Lipinski definition) is 2. The van der Waals surface area contributed by atoms with Crippen molar-refractivity contribution in [2.45, 2.75) is 0 Å². The van der Waals surface area contributed by atoms with Gasteiger partial charge in [-0.2, -0.15) is 5.10 Å². The Morgan fingerprint density at radius 1 is 1.21 bits per heavy atom. The maximum Gasteiger partial charge on any atom is 0.356 e. The van der Waals surface area contributed by atoms with Gasteiger partial charge in [0.2, 0.25) is 0 Å². The Morgan fingerprint density at radius 3 is 2.68 bits per heavy atom. The first-order valence-corrected chi connectivity index (χ1v) is 5.89. The van der Waals surface area contributed by atoms with Gasteiger partial charge in [-0.3, -0.25) is 4.68 Å². The minimum absolute atomic E-state index is 0.0597. The average Bonchev–Trinajstić information content (AvgIpc) is 2.93. The third-order valence-corrected chi connectivity index (χ3v) is 3.28. The van der Waals surface area contributed by atoms with Crippen molar-refractivity contribution in [3.8, 4) is 11.3 Å². The minimum atomic E-state index is -1.01. The highest BCUT2D eigenvalue weighted by molar-refractivity contribution is 5.89. The predicted octanol–water partition coefficient (Wildman–Crippen LogP) is 2.28. The first kappa shape index (κ1) is 11.5. The third-order valence-electron chi connectivity index (χ3n) is 3.28. The number of carbonyl (C=O) groups is 1. The van der Waals surface area contributed by atoms with E-state index >= 15 is 0 Å². The molecule has 0 bridgehead atoms. The average molecular weight is 255 g/mol. The van der Waals surface area contributed by atoms with Crippen molar-refractivity contribution in [3.63, 3.8) is 0 Å². The second-order valence-electron chi connectivity index (χ2n) is 4.54. The predicted molar refractivity (Wildman–Crippen MR) is 72.1 cm³/mol. The number of aryl methyl sites for hydroxylation is 2. The first-order chi connectivity index (χ1) is 9.06. The summed E-state index contributed by atoms with van der Waals surface area (Å²) in [5.74, 6) is -1.01. The van der Waals surface area contributed by atoms with Crippen LogP contribution in [-0.2, 0) is 14.1 Å². The molecule has 0 spiro atoms. The second kappa shape index (κ2) is 3.98. The minimum Gasteiger partial charge on any atom is -0.476 e. The number of rotatable bonds is 2. The van der Waals surface area contributed by atoms with E-state index in [1.165, 1.54) is 0 Å². The van der Waals surface area contributed by atoms with E-state index in [1.807, 2.05) is 42.1 Å². The molecule has 2 aromatic heterocycles. The summed E-state index contributed by atoms with van der Waals surface area (Å²) in [6, 6.07) is 9.68. The van der Waals surface area contributed by atoms with Gasteiger partial charge in [0.05, 0.1) is 5.69 Å². The molecule has 0 saturated heterocycles. The van der Waals surface area contributed by atoms with Crippen molar-refractivity contribution in [1.29, 1.82) is 0 Å². The number of hydrogen-bond donors (Lipinski definition) is 1. The summed E-state index contributed by atoms with van der Waals surface area (Å²) in [6.45, 7) is 0. The molecule has 3 rings (SSSR count). The van der Waals surface area contributed by atoms with Crippen LogP contribution in [0.3, 0.4) is 0 Å². The molecule has 0 radical (unpaired) electrons. The molecule has 5 heteroatoms. The highest BCUT2D eigenvalue weighted by atomic mass is 16.4. The summed E-state index contributed by atoms with van der Waals surface area (Å²) in [5, 5.41) is 14.1. The van der Waals surface area contributed by atoms with E-state index in [0.717, 1.165) is 22.2 Å². The standard InChI is InChI=1S/C14H13N3O2/c1-16-6-5-9-3-4-10(7-12(9)16)13-8-11(14(18)19)15-17(13)2/h3-8H,1-2H3,(H,18,19). The number of nitrogens with zero attached hydrogens (tertiary/aromatic N) is 3. The quantitative estimate of drug-likeness (QED) is 0.764. The van der Waals surface area contributed by atoms with Crippen LogP contribution in [0.2, 0.25) is 0 Å². The van der Waals surface area contributed by atoms with Crippen LogP contribution < -0.4 is 0 Å². The van der Waals surface area contributed by atoms with Crippen LogP contribution in [0.4, 0.5) is 0 Å². The Bertz CT molecular complexity index is 783. The molecule has 0 saturated carbocycles. The van der Waals surface area contributed by atoms with Crippen molar-refractivity contribution in [1.82, 2.24) is 14.3 Å². The zero-order valence-electron chi connectivity index (χ0n) is 10.7. The molecule has 0 atom stereocenters. The van der Waals surface area contributed by atoms with Gasteiger partial charge in [0.15, 0.2) is 5.69 Å². The lowest BCUT2D eigenvalue weighted by Crippen LogP contribution is -1.99. The Morgan fingerprint density at radius 2 is 2.00 bits per heavy atom. The number of aromatic nitrogens is 3. The van der Waals surface area contributed by atoms with Crippen molar-refractivity contribution in [2.75, 3.05) is 0 Å². The van der Waals surface area contributed by atoms with Crippen LogP contribution in [0.15, 0.2) is 36.5 Å². The zero-order valence-corrected chi connectivity index (χ0v) is 10.7. The summed E-state index contributed by atoms with van der Waals surface area (Å²) in [6.07, 6.45) is 2.00. The molecule has 0 fully saturated rings. The zero-order chi connectivity index (χ0) is 13.6. The van der Waals surface area contributed by atoms with Crippen molar-refractivity contribution in [3.05, 3.63) is 42.2 Å². The van der Waals surface area contributed by atoms with Gasteiger partial charge in [-0.1, -0.05) is 12.1 Å². The summed E-state index contributed by atoms with van der Waals surface area (Å²) in [5.41, 5.74) is 2.91. The maximum atomic E-state index is 10.9. The van der Waals surface area contributed by atoms with E-state index in [-0.39, 0.29) is 5.69 Å². The molecule has 2 heterocycles. The van der Waals surface area contributed by atoms with E-state index in [0.29, 0.717) is 0 Å². The molecular formula is C14H13N3O2. The molecule has 0 aliphatic heterocycles. The monoisotopic (exact) mass is 255 g/mol. The highest BCUT2D eigenvalue weighted by Gasteiger charge is 2.13. The molecule has 1 aromatic carbocycles. The summed E-state index contributed by atoms with van der Waals surface area (Å²) >= 11 is 0. The first-order valence-electron chi connectivity index (χ1n) is 5.89. The van der Waals surface area contributed by atoms with Crippen LogP contribution in [0.25, 0.3) is 22.2 Å². The van der Waals surface area contributed by atoms with Crippen LogP contribution >= 0.6 is 0 Å². The van der Waals surface area contributed by atoms with E-state index in [1.54, 1.807) is 17.8 Å². The Hall–Kier alpha value is -2.56. The van der Waals surface area contributed by atoms with Crippen LogP contribution in [0.1, 0.15) is 10.5 Å². The number of carboxylic acid groups (broad SMARTS) is 1. The molecule has 96 valence electrons. The van der Waals surface area contributed by atoms with Crippen molar-refractivity contribution in [2.24, 2.45) is 14.1 Å². The molecule has 5 nitrogen and oxygen atoms in total. The smallest absolute Gasteiger partial charge is 0.356 e. The lowest BCUT2D eigenvalue weighted by molar-refractivity contribution is 0.0689. The molecule has 0 aliphatic rings. The van der Waals surface area contributed by atoms with Gasteiger partial charge < -0.3 is 9.67 Å². The van der Waals surface area contributed by atoms with E-state index in [4.69, 9.17) is 5.11 Å². The fourth-order valence-electron chi connectivity index (χ4n) is 2.26. The molecule has 19 heavy (non-hydrogen) atoms. The van der Waals surface area contributed by atoms with Crippen LogP contribution in [0, 0.1) is 0 Å². The van der Waals surface area contributed by atoms with Gasteiger partial charge in [-0.05, 0) is 23.6 Å². The van der Waals surface area contributed by atoms with E-state index < -0.39 is 5.97 Å². The fourth-order valence-corrected chi connectivity index (χ4v) is 2.26. The molecule has 0 amide bonds. The van der Waals surface area contributed by atoms with Gasteiger partial charge in [-0.15, -0.1) is 0 Å². The normalized spacial score (nSPS) is 11.1. The number of benzene rings is 1. The topological polar surface area (TPSA) is 60.1 Å². The lowest BCUT2D eigenvalue weighted by Gasteiger charge is -2.03. The fraction of sp³-hybridized carbons (Fsp3) is 0.143. The molecular weight excluding hydrogens is 242 g/mol. The van der Waals surface area contributed by atoms with Gasteiger partial charge in [-0.25, -0.2) is 4.79 Å². The second-order valence-corrected chi connectivity index (χ2v) is 4.54. The van der Waals surface area contributed by atoms with Gasteiger partial charge in [0.25, 0.3) is 0 Å². The summed E-state index contributed by atoms with van der Waals surface area (Å²) < 4.78 is 3.63. The molecule has 0 aliphatic carbocycles. The number of carboxylic acids is 1. The summed E-state index contributed by atoms with van der Waals surface area (Å²) in [7, 11) is 3.73. The molecule has 1 N–H and O–H groups in total. The van der Waals surface area contributed by atoms with Crippen molar-refractivity contribution < 1.29 is 9.90 Å². The van der Waals surface area contributed by atoms with E-state index in [9.17, 15) is 4.79 Å². The molecule has 3 aromatic rings. The lowest BCUT2D eigenvalue weighted by atomic mass is 10.1. The Kier molecular flexibility index (Phi) is 2.41. The SMILES string of the molecule is Cn1nc(C(=O)O)cc1-c1ccc2ccn(C)c2c1. The van der Waals surface area contributed by atoms with Crippen LogP contribution in [-0.4, -0.2) is 25.4 Å².